The van der Waals surface area contributed by atoms with Crippen molar-refractivity contribution < 1.29 is 27.5 Å². The monoisotopic (exact) mass is 467 g/mol. The number of anilines is 1. The number of morpholine rings is 1. The van der Waals surface area contributed by atoms with Crippen molar-refractivity contribution in [3.05, 3.63) is 40.8 Å². The molecule has 11 heteroatoms. The number of methoxy groups -OCH3 is 1. The van der Waals surface area contributed by atoms with Crippen molar-refractivity contribution in [2.75, 3.05) is 52.3 Å². The van der Waals surface area contributed by atoms with E-state index < -0.39 is 15.9 Å². The minimum atomic E-state index is -3.93. The lowest BCUT2D eigenvalue weighted by atomic mass is 10.2. The molecule has 31 heavy (non-hydrogen) atoms. The molecule has 0 unspecified atom stereocenters. The van der Waals surface area contributed by atoms with Gasteiger partial charge in [-0.2, -0.15) is 4.31 Å². The molecule has 1 N–H and O–H groups in total. The van der Waals surface area contributed by atoms with E-state index in [2.05, 4.69) is 5.32 Å². The van der Waals surface area contributed by atoms with Crippen LogP contribution in [0.1, 0.15) is 15.2 Å². The molecule has 9 nitrogen and oxygen atoms in total. The Balaban J connectivity index is 1.68. The van der Waals surface area contributed by atoms with E-state index in [1.165, 1.54) is 26.3 Å². The molecule has 2 heterocycles. The Hall–Kier alpha value is -2.47. The van der Waals surface area contributed by atoms with Gasteiger partial charge in [-0.25, -0.2) is 8.42 Å². The summed E-state index contributed by atoms with van der Waals surface area (Å²) in [5.41, 5.74) is 1.39. The maximum Gasteiger partial charge on any atom is 0.264 e. The Kier molecular flexibility index (Phi) is 7.31. The fourth-order valence-corrected chi connectivity index (χ4v) is 5.66. The van der Waals surface area contributed by atoms with Gasteiger partial charge in [0.2, 0.25) is 5.91 Å². The molecule has 1 aromatic heterocycles. The Labute approximate surface area is 185 Å². The molecule has 0 saturated carbocycles. The Morgan fingerprint density at radius 1 is 1.23 bits per heavy atom. The molecular weight excluding hydrogens is 442 g/mol. The molecule has 168 valence electrons. The number of hydrogen-bond donors (Lipinski definition) is 1. The van der Waals surface area contributed by atoms with Crippen molar-refractivity contribution in [1.82, 2.24) is 9.21 Å². The summed E-state index contributed by atoms with van der Waals surface area (Å²) in [6.45, 7) is 3.36. The molecule has 1 fully saturated rings. The van der Waals surface area contributed by atoms with Crippen LogP contribution in [0.3, 0.4) is 0 Å². The normalized spacial score (nSPS) is 14.5. The van der Waals surface area contributed by atoms with Crippen molar-refractivity contribution in [2.45, 2.75) is 11.1 Å². The average Bonchev–Trinajstić information content (AvgIpc) is 3.25. The van der Waals surface area contributed by atoms with Crippen molar-refractivity contribution >= 4 is 38.9 Å². The number of likely N-dealkylation sites (N-methyl/N-ethyl adjacent to an activating group) is 1. The molecule has 1 aliphatic heterocycles. The van der Waals surface area contributed by atoms with Gasteiger partial charge < -0.3 is 19.7 Å². The largest absolute Gasteiger partial charge is 0.495 e. The van der Waals surface area contributed by atoms with Crippen LogP contribution in [0.25, 0.3) is 0 Å². The lowest BCUT2D eigenvalue weighted by molar-refractivity contribution is -0.116. The van der Waals surface area contributed by atoms with Gasteiger partial charge in [0.25, 0.3) is 15.9 Å². The second kappa shape index (κ2) is 9.77. The number of amides is 2. The number of ether oxygens (including phenoxy) is 2. The van der Waals surface area contributed by atoms with Crippen LogP contribution in [0.5, 0.6) is 5.75 Å². The molecule has 0 spiro atoms. The Morgan fingerprint density at radius 2 is 1.94 bits per heavy atom. The van der Waals surface area contributed by atoms with Crippen LogP contribution in [0, 0.1) is 6.92 Å². The topological polar surface area (TPSA) is 105 Å². The van der Waals surface area contributed by atoms with Gasteiger partial charge in [-0.1, -0.05) is 6.07 Å². The third-order valence-corrected chi connectivity index (χ3v) is 8.09. The van der Waals surface area contributed by atoms with Crippen LogP contribution in [0.4, 0.5) is 5.69 Å². The van der Waals surface area contributed by atoms with Gasteiger partial charge >= 0.3 is 0 Å². The predicted molar refractivity (Wildman–Crippen MR) is 117 cm³/mol. The summed E-state index contributed by atoms with van der Waals surface area (Å²) < 4.78 is 37.2. The predicted octanol–water partition coefficient (Wildman–Crippen LogP) is 1.80. The second-order valence-corrected chi connectivity index (χ2v) is 10.4. The highest BCUT2D eigenvalue weighted by Crippen LogP contribution is 2.27. The Morgan fingerprint density at radius 3 is 2.61 bits per heavy atom. The molecule has 0 aliphatic carbocycles. The van der Waals surface area contributed by atoms with E-state index in [1.807, 2.05) is 13.0 Å². The summed E-state index contributed by atoms with van der Waals surface area (Å²) >= 11 is 0.896. The van der Waals surface area contributed by atoms with Crippen molar-refractivity contribution in [1.29, 1.82) is 0 Å². The SMILES string of the molecule is COc1ccc(C)cc1NC(=O)CN(C)S(=O)(=O)c1ccc(C(=O)N2CCOCC2)s1. The number of nitrogens with zero attached hydrogens (tertiary/aromatic N) is 2. The summed E-state index contributed by atoms with van der Waals surface area (Å²) in [5, 5.41) is 2.68. The first-order chi connectivity index (χ1) is 14.7. The van der Waals surface area contributed by atoms with Gasteiger partial charge in [0.15, 0.2) is 0 Å². The average molecular weight is 468 g/mol. The number of aryl methyl sites for hydroxylation is 1. The van der Waals surface area contributed by atoms with Gasteiger partial charge in [0, 0.05) is 20.1 Å². The fourth-order valence-electron chi connectivity index (χ4n) is 3.05. The van der Waals surface area contributed by atoms with Gasteiger partial charge in [0.05, 0.1) is 37.4 Å². The van der Waals surface area contributed by atoms with E-state index >= 15 is 0 Å². The molecule has 0 bridgehead atoms. The molecule has 2 amide bonds. The molecule has 3 rings (SSSR count). The zero-order chi connectivity index (χ0) is 22.6. The number of thiophene rings is 1. The van der Waals surface area contributed by atoms with Crippen LogP contribution in [-0.2, 0) is 19.6 Å². The molecule has 0 radical (unpaired) electrons. The lowest BCUT2D eigenvalue weighted by Crippen LogP contribution is -2.40. The van der Waals surface area contributed by atoms with E-state index in [0.29, 0.717) is 42.6 Å². The number of nitrogens with one attached hydrogen (secondary N) is 1. The van der Waals surface area contributed by atoms with Crippen LogP contribution >= 0.6 is 11.3 Å². The van der Waals surface area contributed by atoms with E-state index in [-0.39, 0.29) is 16.7 Å². The van der Waals surface area contributed by atoms with E-state index in [4.69, 9.17) is 9.47 Å². The van der Waals surface area contributed by atoms with Crippen molar-refractivity contribution in [3.8, 4) is 5.75 Å². The van der Waals surface area contributed by atoms with Crippen LogP contribution in [0.2, 0.25) is 0 Å². The highest BCUT2D eigenvalue weighted by Gasteiger charge is 2.27. The maximum atomic E-state index is 12.9. The summed E-state index contributed by atoms with van der Waals surface area (Å²) in [6, 6.07) is 8.21. The maximum absolute atomic E-state index is 12.9. The van der Waals surface area contributed by atoms with Crippen LogP contribution < -0.4 is 10.1 Å². The highest BCUT2D eigenvalue weighted by molar-refractivity contribution is 7.91. The number of benzene rings is 1. The lowest BCUT2D eigenvalue weighted by Gasteiger charge is -2.26. The van der Waals surface area contributed by atoms with Gasteiger partial charge in [-0.05, 0) is 36.8 Å². The number of carbonyl (C=O) groups is 2. The van der Waals surface area contributed by atoms with Crippen molar-refractivity contribution in [3.63, 3.8) is 0 Å². The Bertz CT molecular complexity index is 1060. The van der Waals surface area contributed by atoms with E-state index in [1.54, 1.807) is 17.0 Å². The second-order valence-electron chi connectivity index (χ2n) is 7.04. The van der Waals surface area contributed by atoms with Crippen molar-refractivity contribution in [2.24, 2.45) is 0 Å². The van der Waals surface area contributed by atoms with E-state index in [9.17, 15) is 18.0 Å². The standard InChI is InChI=1S/C20H25N3O6S2/c1-14-4-5-16(28-3)15(12-14)21-18(24)13-22(2)31(26,27)19-7-6-17(30-19)20(25)23-8-10-29-11-9-23/h4-7,12H,8-11,13H2,1-3H3,(H,21,24). The summed E-state index contributed by atoms with van der Waals surface area (Å²) in [4.78, 5) is 27.0. The minimum Gasteiger partial charge on any atom is -0.495 e. The molecule has 1 saturated heterocycles. The first kappa shape index (κ1) is 23.2. The van der Waals surface area contributed by atoms with Crippen LogP contribution in [0.15, 0.2) is 34.5 Å². The van der Waals surface area contributed by atoms with Gasteiger partial charge in [0.1, 0.15) is 9.96 Å². The fraction of sp³-hybridized carbons (Fsp3) is 0.400. The molecule has 1 aliphatic rings. The quantitative estimate of drug-likeness (QED) is 0.666. The molecular formula is C20H25N3O6S2. The number of rotatable bonds is 7. The first-order valence-electron chi connectivity index (χ1n) is 9.60. The number of hydrogen-bond acceptors (Lipinski definition) is 7. The number of carbonyl (C=O) groups excluding carboxylic acids is 2. The third kappa shape index (κ3) is 5.42. The van der Waals surface area contributed by atoms with E-state index in [0.717, 1.165) is 21.2 Å². The summed E-state index contributed by atoms with van der Waals surface area (Å²) in [7, 11) is -1.11. The summed E-state index contributed by atoms with van der Waals surface area (Å²) in [5.74, 6) is -0.244. The first-order valence-corrected chi connectivity index (χ1v) is 11.9. The van der Waals surface area contributed by atoms with Gasteiger partial charge in [-0.15, -0.1) is 11.3 Å². The highest BCUT2D eigenvalue weighted by atomic mass is 32.2. The zero-order valence-electron chi connectivity index (χ0n) is 17.6. The summed E-state index contributed by atoms with van der Waals surface area (Å²) in [6.07, 6.45) is 0. The minimum absolute atomic E-state index is 0.00699. The number of sulfonamides is 1. The van der Waals surface area contributed by atoms with Crippen LogP contribution in [-0.4, -0.2) is 76.4 Å². The third-order valence-electron chi connectivity index (χ3n) is 4.75. The molecule has 1 aromatic carbocycles. The zero-order valence-corrected chi connectivity index (χ0v) is 19.2. The smallest absolute Gasteiger partial charge is 0.264 e. The van der Waals surface area contributed by atoms with Gasteiger partial charge in [-0.3, -0.25) is 9.59 Å². The molecule has 0 atom stereocenters. The molecule has 2 aromatic rings.